The van der Waals surface area contributed by atoms with Gasteiger partial charge in [0.15, 0.2) is 0 Å². The van der Waals surface area contributed by atoms with E-state index in [4.69, 9.17) is 5.73 Å². The van der Waals surface area contributed by atoms with Gasteiger partial charge >= 0.3 is 0 Å². The molecule has 0 fully saturated rings. The van der Waals surface area contributed by atoms with Gasteiger partial charge in [-0.05, 0) is 24.8 Å². The molecule has 1 heterocycles. The molecule has 1 aromatic carbocycles. The van der Waals surface area contributed by atoms with Gasteiger partial charge in [-0.25, -0.2) is 9.67 Å². The zero-order chi connectivity index (χ0) is 11.9. The summed E-state index contributed by atoms with van der Waals surface area (Å²) in [6.07, 6.45) is 4.95. The van der Waals surface area contributed by atoms with Crippen LogP contribution in [0.15, 0.2) is 36.7 Å². The zero-order valence-corrected chi connectivity index (χ0v) is 9.92. The second-order valence-corrected chi connectivity index (χ2v) is 4.05. The number of aryl methyl sites for hydroxylation is 2. The molecule has 0 atom stereocenters. The van der Waals surface area contributed by atoms with E-state index >= 15 is 0 Å². The number of benzene rings is 1. The Balaban J connectivity index is 1.73. The smallest absolute Gasteiger partial charge is 0.140 e. The Morgan fingerprint density at radius 3 is 2.71 bits per heavy atom. The second kappa shape index (κ2) is 6.15. The van der Waals surface area contributed by atoms with Crippen molar-refractivity contribution in [2.45, 2.75) is 32.4 Å². The monoisotopic (exact) mass is 230 g/mol. The molecule has 0 bridgehead atoms. The molecule has 2 N–H and O–H groups in total. The summed E-state index contributed by atoms with van der Waals surface area (Å²) in [7, 11) is 0. The average molecular weight is 230 g/mol. The Kier molecular flexibility index (Phi) is 4.27. The maximum atomic E-state index is 5.57. The van der Waals surface area contributed by atoms with Crippen LogP contribution in [0, 0.1) is 0 Å². The van der Waals surface area contributed by atoms with Gasteiger partial charge in [0.05, 0.1) is 6.54 Å². The third kappa shape index (κ3) is 3.39. The van der Waals surface area contributed by atoms with E-state index in [-0.39, 0.29) is 0 Å². The summed E-state index contributed by atoms with van der Waals surface area (Å²) in [6.45, 7) is 1.36. The molecule has 0 amide bonds. The van der Waals surface area contributed by atoms with E-state index in [1.165, 1.54) is 5.56 Å². The highest BCUT2D eigenvalue weighted by molar-refractivity contribution is 5.14. The molecule has 0 aliphatic rings. The van der Waals surface area contributed by atoms with E-state index in [1.807, 2.05) is 10.7 Å². The van der Waals surface area contributed by atoms with E-state index in [2.05, 4.69) is 34.3 Å². The van der Waals surface area contributed by atoms with Crippen LogP contribution in [0.2, 0.25) is 0 Å². The van der Waals surface area contributed by atoms with Gasteiger partial charge in [0, 0.05) is 6.54 Å². The second-order valence-electron chi connectivity index (χ2n) is 4.05. The van der Waals surface area contributed by atoms with Crippen molar-refractivity contribution in [3.05, 3.63) is 48.0 Å². The van der Waals surface area contributed by atoms with Crippen LogP contribution >= 0.6 is 0 Å². The Hall–Kier alpha value is -1.68. The van der Waals surface area contributed by atoms with E-state index in [0.717, 1.165) is 31.6 Å². The molecule has 17 heavy (non-hydrogen) atoms. The minimum Gasteiger partial charge on any atom is -0.324 e. The van der Waals surface area contributed by atoms with Crippen molar-refractivity contribution in [1.29, 1.82) is 0 Å². The number of hydrogen-bond donors (Lipinski definition) is 1. The molecule has 0 spiro atoms. The Morgan fingerprint density at radius 1 is 1.12 bits per heavy atom. The molecule has 0 saturated carbocycles. The van der Waals surface area contributed by atoms with Crippen molar-refractivity contribution in [2.24, 2.45) is 5.73 Å². The van der Waals surface area contributed by atoms with Gasteiger partial charge < -0.3 is 5.73 Å². The molecule has 0 unspecified atom stereocenters. The lowest BCUT2D eigenvalue weighted by Crippen LogP contribution is -2.10. The van der Waals surface area contributed by atoms with E-state index in [0.29, 0.717) is 6.54 Å². The van der Waals surface area contributed by atoms with E-state index in [9.17, 15) is 0 Å². The minimum atomic E-state index is 0.457. The van der Waals surface area contributed by atoms with Crippen molar-refractivity contribution >= 4 is 0 Å². The molecule has 0 radical (unpaired) electrons. The third-order valence-corrected chi connectivity index (χ3v) is 2.81. The van der Waals surface area contributed by atoms with Crippen LogP contribution < -0.4 is 5.73 Å². The van der Waals surface area contributed by atoms with Crippen LogP contribution in [0.25, 0.3) is 0 Å². The lowest BCUT2D eigenvalue weighted by atomic mass is 10.1. The summed E-state index contributed by atoms with van der Waals surface area (Å²) >= 11 is 0. The molecule has 4 nitrogen and oxygen atoms in total. The first-order valence-corrected chi connectivity index (χ1v) is 6.01. The maximum absolute atomic E-state index is 5.57. The van der Waals surface area contributed by atoms with Crippen LogP contribution in [-0.2, 0) is 19.5 Å². The first-order chi connectivity index (χ1) is 8.40. The van der Waals surface area contributed by atoms with Gasteiger partial charge in [-0.1, -0.05) is 30.3 Å². The predicted octanol–water partition coefficient (Wildman–Crippen LogP) is 1.76. The quantitative estimate of drug-likeness (QED) is 0.769. The van der Waals surface area contributed by atoms with Gasteiger partial charge in [0.25, 0.3) is 0 Å². The Morgan fingerprint density at radius 2 is 1.94 bits per heavy atom. The van der Waals surface area contributed by atoms with Crippen LogP contribution in [0.1, 0.15) is 24.2 Å². The molecular weight excluding hydrogens is 212 g/mol. The van der Waals surface area contributed by atoms with Crippen molar-refractivity contribution < 1.29 is 0 Å². The van der Waals surface area contributed by atoms with Gasteiger partial charge in [0.1, 0.15) is 12.2 Å². The maximum Gasteiger partial charge on any atom is 0.140 e. The SMILES string of the molecule is NCc1ncnn1CCCCc1ccccc1. The highest BCUT2D eigenvalue weighted by Crippen LogP contribution is 2.05. The average Bonchev–Trinajstić information content (AvgIpc) is 2.83. The number of unbranched alkanes of at least 4 members (excludes halogenated alkanes) is 1. The zero-order valence-electron chi connectivity index (χ0n) is 9.92. The first kappa shape index (κ1) is 11.8. The van der Waals surface area contributed by atoms with Crippen LogP contribution in [-0.4, -0.2) is 14.8 Å². The fraction of sp³-hybridized carbons (Fsp3) is 0.385. The van der Waals surface area contributed by atoms with Gasteiger partial charge in [0.2, 0.25) is 0 Å². The minimum absolute atomic E-state index is 0.457. The first-order valence-electron chi connectivity index (χ1n) is 6.01. The fourth-order valence-corrected chi connectivity index (χ4v) is 1.87. The molecule has 2 rings (SSSR count). The molecule has 4 heteroatoms. The fourth-order valence-electron chi connectivity index (χ4n) is 1.87. The summed E-state index contributed by atoms with van der Waals surface area (Å²) in [5.74, 6) is 0.865. The van der Waals surface area contributed by atoms with E-state index in [1.54, 1.807) is 6.33 Å². The molecule has 0 saturated heterocycles. The largest absolute Gasteiger partial charge is 0.324 e. The Bertz CT molecular complexity index is 436. The summed E-state index contributed by atoms with van der Waals surface area (Å²) in [6, 6.07) is 10.5. The Labute approximate surface area is 101 Å². The number of nitrogens with two attached hydrogens (primary N) is 1. The normalized spacial score (nSPS) is 10.6. The van der Waals surface area contributed by atoms with E-state index < -0.39 is 0 Å². The lowest BCUT2D eigenvalue weighted by molar-refractivity contribution is 0.534. The van der Waals surface area contributed by atoms with Gasteiger partial charge in [-0.15, -0.1) is 0 Å². The standard InChI is InChI=1S/C13H18N4/c14-10-13-15-11-16-17(13)9-5-4-8-12-6-2-1-3-7-12/h1-3,6-7,11H,4-5,8-10,14H2. The molecule has 2 aromatic rings. The topological polar surface area (TPSA) is 56.7 Å². The third-order valence-electron chi connectivity index (χ3n) is 2.81. The number of aromatic nitrogens is 3. The van der Waals surface area contributed by atoms with Crippen LogP contribution in [0.3, 0.4) is 0 Å². The number of rotatable bonds is 6. The number of nitrogens with zero attached hydrogens (tertiary/aromatic N) is 3. The van der Waals surface area contributed by atoms with Gasteiger partial charge in [-0.3, -0.25) is 0 Å². The summed E-state index contributed by atoms with van der Waals surface area (Å²) < 4.78 is 1.89. The summed E-state index contributed by atoms with van der Waals surface area (Å²) in [4.78, 5) is 4.10. The molecule has 90 valence electrons. The molecule has 0 aliphatic carbocycles. The van der Waals surface area contributed by atoms with Crippen molar-refractivity contribution in [2.75, 3.05) is 0 Å². The highest BCUT2D eigenvalue weighted by Gasteiger charge is 2.01. The predicted molar refractivity (Wildman–Crippen MR) is 67.3 cm³/mol. The molecular formula is C13H18N4. The summed E-state index contributed by atoms with van der Waals surface area (Å²) in [5, 5.41) is 4.16. The van der Waals surface area contributed by atoms with Crippen molar-refractivity contribution in [1.82, 2.24) is 14.8 Å². The lowest BCUT2D eigenvalue weighted by Gasteiger charge is -2.04. The van der Waals surface area contributed by atoms with Crippen molar-refractivity contribution in [3.8, 4) is 0 Å². The van der Waals surface area contributed by atoms with Crippen molar-refractivity contribution in [3.63, 3.8) is 0 Å². The molecule has 1 aromatic heterocycles. The highest BCUT2D eigenvalue weighted by atomic mass is 15.3. The number of hydrogen-bond acceptors (Lipinski definition) is 3. The molecule has 0 aliphatic heterocycles. The van der Waals surface area contributed by atoms with Crippen LogP contribution in [0.4, 0.5) is 0 Å². The van der Waals surface area contributed by atoms with Gasteiger partial charge in [-0.2, -0.15) is 5.10 Å². The van der Waals surface area contributed by atoms with Crippen LogP contribution in [0.5, 0.6) is 0 Å². The summed E-state index contributed by atoms with van der Waals surface area (Å²) in [5.41, 5.74) is 6.96.